The molecule has 3 heterocycles. The van der Waals surface area contributed by atoms with Crippen LogP contribution in [0.4, 0.5) is 0 Å². The van der Waals surface area contributed by atoms with Crippen molar-refractivity contribution in [3.8, 4) is 0 Å². The summed E-state index contributed by atoms with van der Waals surface area (Å²) in [6, 6.07) is 5.76. The molecule has 1 aliphatic heterocycles. The lowest BCUT2D eigenvalue weighted by Crippen LogP contribution is -2.21. The first-order valence-electron chi connectivity index (χ1n) is 6.07. The van der Waals surface area contributed by atoms with Gasteiger partial charge in [-0.25, -0.2) is 4.98 Å². The van der Waals surface area contributed by atoms with Crippen molar-refractivity contribution in [2.24, 2.45) is 0 Å². The van der Waals surface area contributed by atoms with E-state index in [4.69, 9.17) is 16.3 Å². The van der Waals surface area contributed by atoms with Crippen molar-refractivity contribution in [1.29, 1.82) is 0 Å². The predicted octanol–water partition coefficient (Wildman–Crippen LogP) is 3.10. The third-order valence-corrected chi connectivity index (χ3v) is 3.51. The summed E-state index contributed by atoms with van der Waals surface area (Å²) in [7, 11) is 0. The third kappa shape index (κ3) is 2.31. The molecule has 0 aliphatic carbocycles. The van der Waals surface area contributed by atoms with E-state index in [1.807, 2.05) is 28.8 Å². The van der Waals surface area contributed by atoms with Gasteiger partial charge in [-0.1, -0.05) is 17.7 Å². The van der Waals surface area contributed by atoms with Crippen molar-refractivity contribution in [2.45, 2.75) is 31.8 Å². The van der Waals surface area contributed by atoms with E-state index in [2.05, 4.69) is 4.98 Å². The van der Waals surface area contributed by atoms with E-state index < -0.39 is 0 Å². The highest BCUT2D eigenvalue weighted by Gasteiger charge is 2.16. The highest BCUT2D eigenvalue weighted by atomic mass is 35.5. The summed E-state index contributed by atoms with van der Waals surface area (Å²) in [6.45, 7) is 0.888. The molecular weight excluding hydrogens is 236 g/mol. The third-order valence-electron chi connectivity index (χ3n) is 3.20. The molecule has 1 unspecified atom stereocenters. The van der Waals surface area contributed by atoms with Gasteiger partial charge in [-0.15, -0.1) is 0 Å². The molecule has 3 nitrogen and oxygen atoms in total. The van der Waals surface area contributed by atoms with Crippen LogP contribution in [0.5, 0.6) is 0 Å². The summed E-state index contributed by atoms with van der Waals surface area (Å²) in [5, 5.41) is 0.700. The maximum atomic E-state index is 6.10. The smallest absolute Gasteiger partial charge is 0.138 e. The van der Waals surface area contributed by atoms with E-state index in [0.29, 0.717) is 11.3 Å². The molecule has 1 fully saturated rings. The zero-order valence-electron chi connectivity index (χ0n) is 9.60. The molecule has 4 heteroatoms. The fourth-order valence-corrected chi connectivity index (χ4v) is 2.54. The summed E-state index contributed by atoms with van der Waals surface area (Å²) >= 11 is 6.10. The van der Waals surface area contributed by atoms with Crippen LogP contribution in [0.3, 0.4) is 0 Å². The van der Waals surface area contributed by atoms with Gasteiger partial charge < -0.3 is 4.74 Å². The molecule has 90 valence electrons. The zero-order chi connectivity index (χ0) is 11.7. The van der Waals surface area contributed by atoms with Crippen LogP contribution in [0, 0.1) is 0 Å². The number of imidazole rings is 1. The number of hydrogen-bond acceptors (Lipinski definition) is 2. The van der Waals surface area contributed by atoms with Gasteiger partial charge in [0.1, 0.15) is 10.8 Å². The van der Waals surface area contributed by atoms with E-state index in [-0.39, 0.29) is 0 Å². The number of halogens is 1. The van der Waals surface area contributed by atoms with Gasteiger partial charge in [0.15, 0.2) is 0 Å². The lowest BCUT2D eigenvalue weighted by Gasteiger charge is -2.21. The van der Waals surface area contributed by atoms with Gasteiger partial charge >= 0.3 is 0 Å². The maximum Gasteiger partial charge on any atom is 0.138 e. The van der Waals surface area contributed by atoms with Crippen LogP contribution in [0.15, 0.2) is 24.4 Å². The minimum absolute atomic E-state index is 0.326. The standard InChI is InChI=1S/C13H15ClN2O/c14-12-5-3-6-13-15-10(9-16(12)13)8-11-4-1-2-7-17-11/h3,5-6,9,11H,1-2,4,7-8H2. The molecular formula is C13H15ClN2O. The first-order valence-corrected chi connectivity index (χ1v) is 6.45. The second-order valence-electron chi connectivity index (χ2n) is 4.50. The molecule has 0 bridgehead atoms. The van der Waals surface area contributed by atoms with Gasteiger partial charge in [0.25, 0.3) is 0 Å². The van der Waals surface area contributed by atoms with Gasteiger partial charge in [0.05, 0.1) is 11.8 Å². The minimum Gasteiger partial charge on any atom is -0.378 e. The van der Waals surface area contributed by atoms with Crippen LogP contribution < -0.4 is 0 Å². The van der Waals surface area contributed by atoms with E-state index in [1.54, 1.807) is 0 Å². The zero-order valence-corrected chi connectivity index (χ0v) is 10.4. The molecule has 0 spiro atoms. The van der Waals surface area contributed by atoms with Gasteiger partial charge in [0, 0.05) is 19.2 Å². The van der Waals surface area contributed by atoms with Crippen LogP contribution in [0.2, 0.25) is 5.15 Å². The van der Waals surface area contributed by atoms with Crippen molar-refractivity contribution in [3.63, 3.8) is 0 Å². The average molecular weight is 251 g/mol. The Labute approximate surface area is 105 Å². The van der Waals surface area contributed by atoms with Crippen LogP contribution in [-0.4, -0.2) is 22.1 Å². The Balaban J connectivity index is 1.83. The number of aromatic nitrogens is 2. The Morgan fingerprint density at radius 2 is 2.35 bits per heavy atom. The first-order chi connectivity index (χ1) is 8.33. The molecule has 1 atom stereocenters. The summed E-state index contributed by atoms with van der Waals surface area (Å²) in [4.78, 5) is 4.57. The largest absolute Gasteiger partial charge is 0.378 e. The van der Waals surface area contributed by atoms with Crippen molar-refractivity contribution < 1.29 is 4.74 Å². The summed E-state index contributed by atoms with van der Waals surface area (Å²) in [6.07, 6.45) is 6.81. The van der Waals surface area contributed by atoms with E-state index in [0.717, 1.165) is 30.8 Å². The monoisotopic (exact) mass is 250 g/mol. The van der Waals surface area contributed by atoms with Crippen molar-refractivity contribution >= 4 is 17.2 Å². The lowest BCUT2D eigenvalue weighted by atomic mass is 10.1. The minimum atomic E-state index is 0.326. The SMILES string of the molecule is Clc1cccc2nc(CC3CCCCO3)cn12. The fraction of sp³-hybridized carbons (Fsp3) is 0.462. The number of hydrogen-bond donors (Lipinski definition) is 0. The molecule has 1 aliphatic rings. The summed E-state index contributed by atoms with van der Waals surface area (Å²) < 4.78 is 7.64. The molecule has 1 saturated heterocycles. The molecule has 17 heavy (non-hydrogen) atoms. The Hall–Kier alpha value is -1.06. The molecule has 3 rings (SSSR count). The summed E-state index contributed by atoms with van der Waals surface area (Å²) in [5.41, 5.74) is 1.97. The number of nitrogens with zero attached hydrogens (tertiary/aromatic N) is 2. The van der Waals surface area contributed by atoms with Crippen LogP contribution in [0.25, 0.3) is 5.65 Å². The topological polar surface area (TPSA) is 26.5 Å². The number of ether oxygens (including phenoxy) is 1. The molecule has 0 radical (unpaired) electrons. The molecule has 0 amide bonds. The molecule has 2 aromatic rings. The molecule has 0 N–H and O–H groups in total. The van der Waals surface area contributed by atoms with E-state index in [1.165, 1.54) is 12.8 Å². The van der Waals surface area contributed by atoms with E-state index in [9.17, 15) is 0 Å². The Morgan fingerprint density at radius 1 is 1.41 bits per heavy atom. The number of rotatable bonds is 2. The van der Waals surface area contributed by atoms with Crippen molar-refractivity contribution in [1.82, 2.24) is 9.38 Å². The van der Waals surface area contributed by atoms with Gasteiger partial charge in [-0.2, -0.15) is 0 Å². The van der Waals surface area contributed by atoms with Crippen LogP contribution in [0.1, 0.15) is 25.0 Å². The van der Waals surface area contributed by atoms with Gasteiger partial charge in [-0.3, -0.25) is 4.40 Å². The predicted molar refractivity (Wildman–Crippen MR) is 67.5 cm³/mol. The van der Waals surface area contributed by atoms with Gasteiger partial charge in [-0.05, 0) is 31.4 Å². The second-order valence-corrected chi connectivity index (χ2v) is 4.89. The lowest BCUT2D eigenvalue weighted by molar-refractivity contribution is 0.0163. The molecule has 0 aromatic carbocycles. The quantitative estimate of drug-likeness (QED) is 0.766. The normalized spacial score (nSPS) is 20.9. The van der Waals surface area contributed by atoms with Crippen molar-refractivity contribution in [3.05, 3.63) is 35.2 Å². The fourth-order valence-electron chi connectivity index (χ4n) is 2.33. The maximum absolute atomic E-state index is 6.10. The summed E-state index contributed by atoms with van der Waals surface area (Å²) in [5.74, 6) is 0. The Kier molecular flexibility index (Phi) is 3.04. The molecule has 0 saturated carbocycles. The van der Waals surface area contributed by atoms with Gasteiger partial charge in [0.2, 0.25) is 0 Å². The second kappa shape index (κ2) is 4.67. The van der Waals surface area contributed by atoms with Crippen LogP contribution in [-0.2, 0) is 11.2 Å². The Morgan fingerprint density at radius 3 is 3.12 bits per heavy atom. The average Bonchev–Trinajstić information content (AvgIpc) is 2.74. The highest BCUT2D eigenvalue weighted by Crippen LogP contribution is 2.19. The number of fused-ring (bicyclic) bond motifs is 1. The van der Waals surface area contributed by atoms with E-state index >= 15 is 0 Å². The first kappa shape index (κ1) is 11.1. The van der Waals surface area contributed by atoms with Crippen LogP contribution >= 0.6 is 11.6 Å². The molecule has 2 aromatic heterocycles. The van der Waals surface area contributed by atoms with Crippen molar-refractivity contribution in [2.75, 3.05) is 6.61 Å². The number of pyridine rings is 1. The highest BCUT2D eigenvalue weighted by molar-refractivity contribution is 6.29. The Bertz CT molecular complexity index is 517.